The lowest BCUT2D eigenvalue weighted by atomic mass is 10.1. The van der Waals surface area contributed by atoms with Crippen molar-refractivity contribution < 1.29 is 24.9 Å². The highest BCUT2D eigenvalue weighted by Crippen LogP contribution is 2.23. The van der Waals surface area contributed by atoms with Crippen LogP contribution in [0, 0.1) is 0 Å². The van der Waals surface area contributed by atoms with Gasteiger partial charge in [0.25, 0.3) is 0 Å². The van der Waals surface area contributed by atoms with Crippen LogP contribution >= 0.6 is 0 Å². The number of rotatable bonds is 9. The lowest BCUT2D eigenvalue weighted by Gasteiger charge is -2.01. The molecule has 0 radical (unpaired) electrons. The molecule has 22 heavy (non-hydrogen) atoms. The van der Waals surface area contributed by atoms with Crippen molar-refractivity contribution in [2.45, 2.75) is 38.5 Å². The average molecular weight is 308 g/mol. The first-order valence-corrected chi connectivity index (χ1v) is 7.04. The second-order valence-corrected chi connectivity index (χ2v) is 4.85. The molecule has 120 valence electrons. The maximum absolute atomic E-state index is 11.5. The van der Waals surface area contributed by atoms with Crippen molar-refractivity contribution in [3.8, 4) is 11.5 Å². The van der Waals surface area contributed by atoms with Crippen molar-refractivity contribution in [1.82, 2.24) is 5.43 Å². The Morgan fingerprint density at radius 2 is 1.73 bits per heavy atom. The van der Waals surface area contributed by atoms with Crippen molar-refractivity contribution in [2.24, 2.45) is 5.10 Å². The minimum absolute atomic E-state index is 0.163. The molecular formula is C15H20N2O5. The Kier molecular flexibility index (Phi) is 7.45. The number of aromatic hydroxyl groups is 2. The number of carboxylic acid groups (broad SMARTS) is 1. The highest BCUT2D eigenvalue weighted by molar-refractivity contribution is 5.83. The number of hydrogen-bond donors (Lipinski definition) is 4. The van der Waals surface area contributed by atoms with Crippen molar-refractivity contribution in [2.75, 3.05) is 0 Å². The van der Waals surface area contributed by atoms with Gasteiger partial charge in [-0.3, -0.25) is 9.59 Å². The van der Waals surface area contributed by atoms with Crippen molar-refractivity contribution >= 4 is 18.1 Å². The van der Waals surface area contributed by atoms with Crippen LogP contribution < -0.4 is 5.43 Å². The van der Waals surface area contributed by atoms with E-state index < -0.39 is 5.97 Å². The van der Waals surface area contributed by atoms with Gasteiger partial charge in [0.2, 0.25) is 5.91 Å². The number of aliphatic carboxylic acids is 1. The molecule has 7 heteroatoms. The van der Waals surface area contributed by atoms with Crippen LogP contribution in [0.15, 0.2) is 23.3 Å². The average Bonchev–Trinajstić information content (AvgIpc) is 2.46. The lowest BCUT2D eigenvalue weighted by Crippen LogP contribution is -2.16. The van der Waals surface area contributed by atoms with Crippen LogP contribution in [0.5, 0.6) is 11.5 Å². The molecule has 4 N–H and O–H groups in total. The first-order chi connectivity index (χ1) is 10.5. The molecule has 0 saturated carbocycles. The summed E-state index contributed by atoms with van der Waals surface area (Å²) in [4.78, 5) is 21.8. The van der Waals surface area contributed by atoms with E-state index in [0.717, 1.165) is 12.8 Å². The molecule has 0 aromatic heterocycles. The predicted molar refractivity (Wildman–Crippen MR) is 80.8 cm³/mol. The van der Waals surface area contributed by atoms with Crippen LogP contribution in [0.25, 0.3) is 0 Å². The van der Waals surface area contributed by atoms with Crippen LogP contribution in [-0.2, 0) is 9.59 Å². The second kappa shape index (κ2) is 9.38. The van der Waals surface area contributed by atoms with E-state index >= 15 is 0 Å². The van der Waals surface area contributed by atoms with E-state index in [1.165, 1.54) is 18.3 Å². The predicted octanol–water partition coefficient (Wildman–Crippen LogP) is 1.97. The molecule has 0 atom stereocenters. The molecule has 0 saturated heterocycles. The van der Waals surface area contributed by atoms with Crippen molar-refractivity contribution in [3.63, 3.8) is 0 Å². The maximum atomic E-state index is 11.5. The first kappa shape index (κ1) is 17.5. The Morgan fingerprint density at radius 1 is 1.05 bits per heavy atom. The largest absolute Gasteiger partial charge is 0.504 e. The number of unbranched alkanes of at least 4 members (excludes halogenated alkanes) is 3. The summed E-state index contributed by atoms with van der Waals surface area (Å²) in [5.41, 5.74) is 2.91. The number of nitrogens with zero attached hydrogens (tertiary/aromatic N) is 1. The molecule has 1 amide bonds. The molecular weight excluding hydrogens is 288 g/mol. The number of hydrazone groups is 1. The van der Waals surface area contributed by atoms with Crippen LogP contribution in [0.1, 0.15) is 44.1 Å². The van der Waals surface area contributed by atoms with Crippen molar-refractivity contribution in [1.29, 1.82) is 0 Å². The summed E-state index contributed by atoms with van der Waals surface area (Å²) >= 11 is 0. The van der Waals surface area contributed by atoms with E-state index in [4.69, 9.17) is 10.2 Å². The standard InChI is InChI=1S/C15H20N2O5/c18-12-8-7-11(9-13(12)19)10-16-17-14(20)5-3-1-2-4-6-15(21)22/h7-10,18-19H,1-6H2,(H,17,20)(H,21,22)/b16-10+. The van der Waals surface area contributed by atoms with Gasteiger partial charge in [-0.05, 0) is 36.6 Å². The van der Waals surface area contributed by atoms with Gasteiger partial charge in [0.15, 0.2) is 11.5 Å². The Morgan fingerprint density at radius 3 is 2.36 bits per heavy atom. The summed E-state index contributed by atoms with van der Waals surface area (Å²) in [5.74, 6) is -1.49. The fourth-order valence-electron chi connectivity index (χ4n) is 1.77. The number of carboxylic acids is 1. The Labute approximate surface area is 128 Å². The SMILES string of the molecule is O=C(O)CCCCCCC(=O)N/N=C/c1ccc(O)c(O)c1. The molecule has 1 rings (SSSR count). The Balaban J connectivity index is 2.18. The van der Waals surface area contributed by atoms with Crippen molar-refractivity contribution in [3.05, 3.63) is 23.8 Å². The molecule has 0 aliphatic carbocycles. The molecule has 0 unspecified atom stereocenters. The first-order valence-electron chi connectivity index (χ1n) is 7.04. The molecule has 0 fully saturated rings. The molecule has 0 aliphatic heterocycles. The third-order valence-electron chi connectivity index (χ3n) is 2.95. The molecule has 0 bridgehead atoms. The lowest BCUT2D eigenvalue weighted by molar-refractivity contribution is -0.137. The third-order valence-corrected chi connectivity index (χ3v) is 2.95. The normalized spacial score (nSPS) is 10.7. The highest BCUT2D eigenvalue weighted by atomic mass is 16.4. The zero-order chi connectivity index (χ0) is 16.4. The van der Waals surface area contributed by atoms with E-state index in [-0.39, 0.29) is 23.8 Å². The van der Waals surface area contributed by atoms with Gasteiger partial charge >= 0.3 is 5.97 Å². The summed E-state index contributed by atoms with van der Waals surface area (Å²) < 4.78 is 0. The van der Waals surface area contributed by atoms with Gasteiger partial charge < -0.3 is 15.3 Å². The highest BCUT2D eigenvalue weighted by Gasteiger charge is 2.01. The fourth-order valence-corrected chi connectivity index (χ4v) is 1.77. The van der Waals surface area contributed by atoms with Gasteiger partial charge in [-0.2, -0.15) is 5.10 Å². The maximum Gasteiger partial charge on any atom is 0.303 e. The van der Waals surface area contributed by atoms with Gasteiger partial charge in [-0.15, -0.1) is 0 Å². The number of carbonyl (C=O) groups is 2. The van der Waals surface area contributed by atoms with Gasteiger partial charge in [0.05, 0.1) is 6.21 Å². The monoisotopic (exact) mass is 308 g/mol. The number of amides is 1. The van der Waals surface area contributed by atoms with E-state index in [1.54, 1.807) is 6.07 Å². The van der Waals surface area contributed by atoms with E-state index in [1.807, 2.05) is 0 Å². The number of carbonyl (C=O) groups excluding carboxylic acids is 1. The summed E-state index contributed by atoms with van der Waals surface area (Å²) in [6, 6.07) is 4.20. The number of phenols is 2. The number of benzene rings is 1. The minimum Gasteiger partial charge on any atom is -0.504 e. The minimum atomic E-state index is -0.799. The van der Waals surface area contributed by atoms with Gasteiger partial charge in [-0.1, -0.05) is 12.8 Å². The molecule has 1 aromatic carbocycles. The van der Waals surface area contributed by atoms with E-state index in [2.05, 4.69) is 10.5 Å². The van der Waals surface area contributed by atoms with Crippen LogP contribution in [0.2, 0.25) is 0 Å². The summed E-state index contributed by atoms with van der Waals surface area (Å²) in [5, 5.41) is 30.7. The van der Waals surface area contributed by atoms with Gasteiger partial charge in [0, 0.05) is 12.8 Å². The Bertz CT molecular complexity index is 543. The number of hydrogen-bond acceptors (Lipinski definition) is 5. The molecule has 1 aromatic rings. The molecule has 0 spiro atoms. The smallest absolute Gasteiger partial charge is 0.303 e. The zero-order valence-electron chi connectivity index (χ0n) is 12.2. The van der Waals surface area contributed by atoms with E-state index in [0.29, 0.717) is 24.8 Å². The van der Waals surface area contributed by atoms with Gasteiger partial charge in [-0.25, -0.2) is 5.43 Å². The second-order valence-electron chi connectivity index (χ2n) is 4.85. The van der Waals surface area contributed by atoms with Crippen LogP contribution in [0.3, 0.4) is 0 Å². The Hall–Kier alpha value is -2.57. The summed E-state index contributed by atoms with van der Waals surface area (Å²) in [6.45, 7) is 0. The molecule has 7 nitrogen and oxygen atoms in total. The number of phenolic OH excluding ortho intramolecular Hbond substituents is 2. The summed E-state index contributed by atoms with van der Waals surface area (Å²) in [7, 11) is 0. The van der Waals surface area contributed by atoms with Crippen LogP contribution in [0.4, 0.5) is 0 Å². The number of nitrogens with one attached hydrogen (secondary N) is 1. The van der Waals surface area contributed by atoms with Gasteiger partial charge in [0.1, 0.15) is 0 Å². The topological polar surface area (TPSA) is 119 Å². The molecule has 0 heterocycles. The fraction of sp³-hybridized carbons (Fsp3) is 0.400. The van der Waals surface area contributed by atoms with Crippen LogP contribution in [-0.4, -0.2) is 33.4 Å². The third kappa shape index (κ3) is 7.28. The molecule has 0 aliphatic rings. The summed E-state index contributed by atoms with van der Waals surface area (Å²) in [6.07, 6.45) is 4.75. The van der Waals surface area contributed by atoms with E-state index in [9.17, 15) is 14.7 Å². The zero-order valence-corrected chi connectivity index (χ0v) is 12.2. The quantitative estimate of drug-likeness (QED) is 0.241.